The second-order valence-electron chi connectivity index (χ2n) is 6.24. The van der Waals surface area contributed by atoms with Crippen molar-refractivity contribution in [2.45, 2.75) is 13.8 Å². The smallest absolute Gasteiger partial charge is 0.267 e. The van der Waals surface area contributed by atoms with E-state index in [1.165, 1.54) is 17.5 Å². The number of aromatic hydroxyl groups is 1. The summed E-state index contributed by atoms with van der Waals surface area (Å²) in [6, 6.07) is 8.97. The normalized spacial score (nSPS) is 10.8. The number of aryl methyl sites for hydroxylation is 1. The van der Waals surface area contributed by atoms with Gasteiger partial charge in [-0.05, 0) is 43.7 Å². The maximum absolute atomic E-state index is 12.6. The molecule has 4 aromatic rings. The molecule has 0 atom stereocenters. The van der Waals surface area contributed by atoms with E-state index in [-0.39, 0.29) is 11.7 Å². The lowest BCUT2D eigenvalue weighted by molar-refractivity contribution is 0.103. The number of amides is 1. The molecule has 3 aromatic heterocycles. The molecular weight excluding hydrogens is 374 g/mol. The van der Waals surface area contributed by atoms with Crippen LogP contribution >= 0.6 is 11.3 Å². The van der Waals surface area contributed by atoms with E-state index >= 15 is 0 Å². The highest BCUT2D eigenvalue weighted by Crippen LogP contribution is 2.30. The van der Waals surface area contributed by atoms with Gasteiger partial charge in [0.2, 0.25) is 0 Å². The number of fused-ring (bicyclic) bond motifs is 1. The zero-order chi connectivity index (χ0) is 19.7. The third kappa shape index (κ3) is 3.37. The Bertz CT molecular complexity index is 1180. The van der Waals surface area contributed by atoms with Gasteiger partial charge in [0.15, 0.2) is 5.13 Å². The number of hydrogen-bond acceptors (Lipinski definition) is 7. The number of carbonyl (C=O) groups is 1. The van der Waals surface area contributed by atoms with Crippen LogP contribution in [0.15, 0.2) is 48.9 Å². The first-order valence-electron chi connectivity index (χ1n) is 8.56. The van der Waals surface area contributed by atoms with Gasteiger partial charge in [-0.25, -0.2) is 9.97 Å². The van der Waals surface area contributed by atoms with E-state index in [1.807, 2.05) is 25.1 Å². The zero-order valence-corrected chi connectivity index (χ0v) is 16.0. The molecule has 0 saturated heterocycles. The van der Waals surface area contributed by atoms with Gasteiger partial charge in [-0.15, -0.1) is 0 Å². The molecule has 0 saturated carbocycles. The van der Waals surface area contributed by atoms with Crippen LogP contribution in [0.3, 0.4) is 0 Å². The lowest BCUT2D eigenvalue weighted by Gasteiger charge is -2.11. The van der Waals surface area contributed by atoms with Crippen LogP contribution in [-0.4, -0.2) is 26.0 Å². The number of benzene rings is 1. The number of anilines is 3. The second kappa shape index (κ2) is 7.24. The molecule has 140 valence electrons. The lowest BCUT2D eigenvalue weighted by atomic mass is 10.1. The first-order valence-corrected chi connectivity index (χ1v) is 9.37. The maximum Gasteiger partial charge on any atom is 0.267 e. The van der Waals surface area contributed by atoms with Gasteiger partial charge in [0.1, 0.15) is 16.4 Å². The molecule has 0 spiro atoms. The van der Waals surface area contributed by atoms with E-state index in [4.69, 9.17) is 0 Å². The molecule has 0 radical (unpaired) electrons. The number of aromatic nitrogens is 3. The molecule has 1 amide bonds. The van der Waals surface area contributed by atoms with Crippen molar-refractivity contribution in [2.75, 3.05) is 10.6 Å². The van der Waals surface area contributed by atoms with Crippen LogP contribution in [0, 0.1) is 13.8 Å². The number of phenols is 1. The van der Waals surface area contributed by atoms with Crippen LogP contribution in [0.5, 0.6) is 5.75 Å². The molecule has 7 nitrogen and oxygen atoms in total. The summed E-state index contributed by atoms with van der Waals surface area (Å²) in [5, 5.41) is 17.3. The molecule has 0 fully saturated rings. The number of pyridine rings is 2. The molecular formula is C20H17N5O2S. The summed E-state index contributed by atoms with van der Waals surface area (Å²) in [6.07, 6.45) is 4.91. The number of nitrogens with zero attached hydrogens (tertiary/aromatic N) is 3. The van der Waals surface area contributed by atoms with Crippen molar-refractivity contribution in [1.82, 2.24) is 15.0 Å². The fourth-order valence-electron chi connectivity index (χ4n) is 2.84. The van der Waals surface area contributed by atoms with Gasteiger partial charge in [-0.3, -0.25) is 9.78 Å². The number of hydrogen-bond donors (Lipinski definition) is 3. The predicted octanol–water partition coefficient (Wildman–Crippen LogP) is 4.40. The minimum atomic E-state index is -0.283. The van der Waals surface area contributed by atoms with E-state index in [0.29, 0.717) is 27.1 Å². The van der Waals surface area contributed by atoms with Crippen molar-refractivity contribution in [3.63, 3.8) is 0 Å². The Labute approximate surface area is 165 Å². The number of phenolic OH excluding ortho intramolecular Hbond substituents is 1. The third-order valence-corrected chi connectivity index (χ3v) is 5.28. The Balaban J connectivity index is 1.56. The monoisotopic (exact) mass is 391 g/mol. The summed E-state index contributed by atoms with van der Waals surface area (Å²) in [6.45, 7) is 3.64. The van der Waals surface area contributed by atoms with Crippen molar-refractivity contribution in [1.29, 1.82) is 0 Å². The van der Waals surface area contributed by atoms with Gasteiger partial charge in [-0.1, -0.05) is 17.4 Å². The highest BCUT2D eigenvalue weighted by molar-refractivity contribution is 7.17. The van der Waals surface area contributed by atoms with E-state index < -0.39 is 0 Å². The largest absolute Gasteiger partial charge is 0.508 e. The summed E-state index contributed by atoms with van der Waals surface area (Å²) in [7, 11) is 0. The average Bonchev–Trinajstić information content (AvgIpc) is 3.17. The number of thiazole rings is 1. The number of carbonyl (C=O) groups excluding carboxylic acids is 1. The fraction of sp³-hybridized carbons (Fsp3) is 0.100. The summed E-state index contributed by atoms with van der Waals surface area (Å²) < 4.78 is 0. The minimum absolute atomic E-state index is 0.142. The first kappa shape index (κ1) is 17.9. The summed E-state index contributed by atoms with van der Waals surface area (Å²) in [4.78, 5) is 26.0. The van der Waals surface area contributed by atoms with Gasteiger partial charge in [0, 0.05) is 23.3 Å². The average molecular weight is 391 g/mol. The van der Waals surface area contributed by atoms with E-state index in [2.05, 4.69) is 25.6 Å². The van der Waals surface area contributed by atoms with Crippen molar-refractivity contribution >= 4 is 44.8 Å². The van der Waals surface area contributed by atoms with Gasteiger partial charge < -0.3 is 15.7 Å². The van der Waals surface area contributed by atoms with Gasteiger partial charge in [-0.2, -0.15) is 0 Å². The molecule has 3 heterocycles. The van der Waals surface area contributed by atoms with Crippen molar-refractivity contribution < 1.29 is 9.90 Å². The second-order valence-corrected chi connectivity index (χ2v) is 7.27. The van der Waals surface area contributed by atoms with Crippen LogP contribution in [-0.2, 0) is 0 Å². The Hall–Kier alpha value is -3.52. The van der Waals surface area contributed by atoms with Crippen LogP contribution in [0.4, 0.5) is 16.6 Å². The Morgan fingerprint density at radius 3 is 2.79 bits per heavy atom. The molecule has 0 aliphatic rings. The SMILES string of the molecule is Cc1ccc(O)c(C)c1NC(=O)c1cnc(Nc2nccc3ncccc23)s1. The molecule has 0 unspecified atom stereocenters. The van der Waals surface area contributed by atoms with Crippen LogP contribution < -0.4 is 10.6 Å². The molecule has 3 N–H and O–H groups in total. The topological polar surface area (TPSA) is 100 Å². The molecule has 0 aliphatic heterocycles. The lowest BCUT2D eigenvalue weighted by Crippen LogP contribution is -2.12. The standard InChI is InChI=1S/C20H17N5O2S/c1-11-5-6-15(26)12(2)17(11)24-19(27)16-10-23-20(28-16)25-18-13-4-3-8-21-14(13)7-9-22-18/h3-10,26H,1-2H3,(H,24,27)(H,22,23,25). The van der Waals surface area contributed by atoms with E-state index in [9.17, 15) is 9.90 Å². The Morgan fingerprint density at radius 1 is 1.07 bits per heavy atom. The fourth-order valence-corrected chi connectivity index (χ4v) is 3.55. The molecule has 4 rings (SSSR count). The van der Waals surface area contributed by atoms with E-state index in [1.54, 1.807) is 31.5 Å². The molecule has 0 bridgehead atoms. The quantitative estimate of drug-likeness (QED) is 0.477. The van der Waals surface area contributed by atoms with Crippen LogP contribution in [0.25, 0.3) is 10.9 Å². The molecule has 8 heteroatoms. The third-order valence-electron chi connectivity index (χ3n) is 4.37. The van der Waals surface area contributed by atoms with Crippen molar-refractivity contribution in [3.8, 4) is 5.75 Å². The summed E-state index contributed by atoms with van der Waals surface area (Å²) in [5.41, 5.74) is 2.93. The van der Waals surface area contributed by atoms with Crippen LogP contribution in [0.1, 0.15) is 20.8 Å². The Kier molecular flexibility index (Phi) is 4.62. The minimum Gasteiger partial charge on any atom is -0.508 e. The molecule has 0 aliphatic carbocycles. The van der Waals surface area contributed by atoms with Crippen molar-refractivity contribution in [3.05, 3.63) is 64.9 Å². The first-order chi connectivity index (χ1) is 13.5. The maximum atomic E-state index is 12.6. The van der Waals surface area contributed by atoms with Crippen molar-refractivity contribution in [2.24, 2.45) is 0 Å². The number of rotatable bonds is 4. The van der Waals surface area contributed by atoms with Gasteiger partial charge >= 0.3 is 0 Å². The van der Waals surface area contributed by atoms with E-state index in [0.717, 1.165) is 16.5 Å². The summed E-state index contributed by atoms with van der Waals surface area (Å²) in [5.74, 6) is 0.490. The van der Waals surface area contributed by atoms with Crippen LogP contribution in [0.2, 0.25) is 0 Å². The van der Waals surface area contributed by atoms with Gasteiger partial charge in [0.25, 0.3) is 5.91 Å². The Morgan fingerprint density at radius 2 is 1.93 bits per heavy atom. The molecule has 1 aromatic carbocycles. The zero-order valence-electron chi connectivity index (χ0n) is 15.2. The number of nitrogens with one attached hydrogen (secondary N) is 2. The highest BCUT2D eigenvalue weighted by Gasteiger charge is 2.15. The molecule has 28 heavy (non-hydrogen) atoms. The van der Waals surface area contributed by atoms with Gasteiger partial charge in [0.05, 0.1) is 17.4 Å². The highest BCUT2D eigenvalue weighted by atomic mass is 32.1. The predicted molar refractivity (Wildman–Crippen MR) is 110 cm³/mol. The summed E-state index contributed by atoms with van der Waals surface area (Å²) >= 11 is 1.22.